The molecule has 0 atom stereocenters. The third kappa shape index (κ3) is 4.21. The van der Waals surface area contributed by atoms with Gasteiger partial charge in [-0.25, -0.2) is 0 Å². The number of carbonyl (C=O) groups is 1. The largest absolute Gasteiger partial charge is 0.339 e. The van der Waals surface area contributed by atoms with E-state index in [2.05, 4.69) is 17.4 Å². The van der Waals surface area contributed by atoms with Crippen LogP contribution in [0.4, 0.5) is 0 Å². The molecule has 0 radical (unpaired) electrons. The van der Waals surface area contributed by atoms with Crippen molar-refractivity contribution < 1.29 is 4.79 Å². The SMILES string of the molecule is Cl.O=C(c1cccc(CNC2CCCC2)c1)N1CCCC1. The summed E-state index contributed by atoms with van der Waals surface area (Å²) in [6.07, 6.45) is 7.60. The minimum atomic E-state index is 0. The van der Waals surface area contributed by atoms with E-state index in [9.17, 15) is 4.79 Å². The molecule has 1 aromatic carbocycles. The number of nitrogens with one attached hydrogen (secondary N) is 1. The van der Waals surface area contributed by atoms with E-state index < -0.39 is 0 Å². The second kappa shape index (κ2) is 7.81. The van der Waals surface area contributed by atoms with E-state index in [1.165, 1.54) is 31.2 Å². The van der Waals surface area contributed by atoms with Gasteiger partial charge in [0.25, 0.3) is 5.91 Å². The normalized spacial score (nSPS) is 18.8. The van der Waals surface area contributed by atoms with Gasteiger partial charge < -0.3 is 10.2 Å². The Hall–Kier alpha value is -1.06. The maximum atomic E-state index is 12.4. The summed E-state index contributed by atoms with van der Waals surface area (Å²) in [6, 6.07) is 8.80. The number of nitrogens with zero attached hydrogens (tertiary/aromatic N) is 1. The highest BCUT2D eigenvalue weighted by Crippen LogP contribution is 2.19. The average molecular weight is 309 g/mol. The average Bonchev–Trinajstić information content (AvgIpc) is 3.18. The van der Waals surface area contributed by atoms with E-state index in [1.807, 2.05) is 17.0 Å². The van der Waals surface area contributed by atoms with Crippen molar-refractivity contribution in [3.8, 4) is 0 Å². The molecule has 21 heavy (non-hydrogen) atoms. The molecule has 1 aliphatic heterocycles. The van der Waals surface area contributed by atoms with Crippen molar-refractivity contribution in [2.75, 3.05) is 13.1 Å². The summed E-state index contributed by atoms with van der Waals surface area (Å²) in [4.78, 5) is 14.3. The van der Waals surface area contributed by atoms with Gasteiger partial charge in [-0.3, -0.25) is 4.79 Å². The minimum absolute atomic E-state index is 0. The van der Waals surface area contributed by atoms with Gasteiger partial charge in [-0.15, -0.1) is 12.4 Å². The van der Waals surface area contributed by atoms with Crippen LogP contribution in [-0.4, -0.2) is 29.9 Å². The van der Waals surface area contributed by atoms with Crippen molar-refractivity contribution >= 4 is 18.3 Å². The van der Waals surface area contributed by atoms with Crippen LogP contribution in [0.2, 0.25) is 0 Å². The molecule has 0 aromatic heterocycles. The van der Waals surface area contributed by atoms with Gasteiger partial charge in [0.1, 0.15) is 0 Å². The Morgan fingerprint density at radius 1 is 1.14 bits per heavy atom. The molecule has 2 fully saturated rings. The number of benzene rings is 1. The van der Waals surface area contributed by atoms with Crippen LogP contribution in [0.25, 0.3) is 0 Å². The predicted octanol–water partition coefficient (Wildman–Crippen LogP) is 3.38. The number of hydrogen-bond acceptors (Lipinski definition) is 2. The fraction of sp³-hybridized carbons (Fsp3) is 0.588. The van der Waals surface area contributed by atoms with Crippen LogP contribution in [0.5, 0.6) is 0 Å². The maximum Gasteiger partial charge on any atom is 0.253 e. The lowest BCUT2D eigenvalue weighted by Gasteiger charge is -2.16. The standard InChI is InChI=1S/C17H24N2O.ClH/c20-17(19-10-3-4-11-19)15-7-5-6-14(12-15)13-18-16-8-1-2-9-16;/h5-7,12,16,18H,1-4,8-11,13H2;1H. The smallest absolute Gasteiger partial charge is 0.253 e. The van der Waals surface area contributed by atoms with E-state index in [-0.39, 0.29) is 18.3 Å². The zero-order valence-corrected chi connectivity index (χ0v) is 13.3. The fourth-order valence-electron chi connectivity index (χ4n) is 3.31. The number of rotatable bonds is 4. The maximum absolute atomic E-state index is 12.4. The Bertz CT molecular complexity index is 466. The highest BCUT2D eigenvalue weighted by atomic mass is 35.5. The molecule has 0 spiro atoms. The topological polar surface area (TPSA) is 32.3 Å². The van der Waals surface area contributed by atoms with Gasteiger partial charge in [0, 0.05) is 31.2 Å². The van der Waals surface area contributed by atoms with Gasteiger partial charge in [-0.05, 0) is 43.4 Å². The number of likely N-dealkylation sites (tertiary alicyclic amines) is 1. The van der Waals surface area contributed by atoms with Crippen LogP contribution < -0.4 is 5.32 Å². The van der Waals surface area contributed by atoms with Crippen LogP contribution in [0.3, 0.4) is 0 Å². The Balaban J connectivity index is 0.00000161. The summed E-state index contributed by atoms with van der Waals surface area (Å²) >= 11 is 0. The zero-order valence-electron chi connectivity index (χ0n) is 12.5. The van der Waals surface area contributed by atoms with Crippen molar-refractivity contribution in [1.82, 2.24) is 10.2 Å². The van der Waals surface area contributed by atoms with Gasteiger partial charge in [-0.2, -0.15) is 0 Å². The molecule has 1 saturated heterocycles. The number of hydrogen-bond donors (Lipinski definition) is 1. The lowest BCUT2D eigenvalue weighted by molar-refractivity contribution is 0.0792. The second-order valence-corrected chi connectivity index (χ2v) is 6.06. The highest BCUT2D eigenvalue weighted by molar-refractivity contribution is 5.94. The first kappa shape index (κ1) is 16.3. The Morgan fingerprint density at radius 3 is 2.57 bits per heavy atom. The first-order valence-electron chi connectivity index (χ1n) is 7.94. The van der Waals surface area contributed by atoms with Crippen LogP contribution in [0.1, 0.15) is 54.4 Å². The molecule has 0 unspecified atom stereocenters. The first-order valence-corrected chi connectivity index (χ1v) is 7.94. The molecule has 1 N–H and O–H groups in total. The van der Waals surface area contributed by atoms with Crippen molar-refractivity contribution in [2.45, 2.75) is 51.1 Å². The molecule has 1 amide bonds. The Morgan fingerprint density at radius 2 is 1.86 bits per heavy atom. The summed E-state index contributed by atoms with van der Waals surface area (Å²) in [6.45, 7) is 2.72. The number of carbonyl (C=O) groups excluding carboxylic acids is 1. The third-order valence-electron chi connectivity index (χ3n) is 4.52. The predicted molar refractivity (Wildman–Crippen MR) is 87.9 cm³/mol. The number of amides is 1. The molecule has 1 saturated carbocycles. The van der Waals surface area contributed by atoms with E-state index in [1.54, 1.807) is 0 Å². The summed E-state index contributed by atoms with van der Waals surface area (Å²) in [7, 11) is 0. The molecule has 0 bridgehead atoms. The molecule has 1 aromatic rings. The van der Waals surface area contributed by atoms with Crippen molar-refractivity contribution in [2.24, 2.45) is 0 Å². The molecule has 3 rings (SSSR count). The Kier molecular flexibility index (Phi) is 6.07. The van der Waals surface area contributed by atoms with E-state index in [0.29, 0.717) is 6.04 Å². The molecular weight excluding hydrogens is 284 g/mol. The Labute approximate surface area is 133 Å². The quantitative estimate of drug-likeness (QED) is 0.925. The van der Waals surface area contributed by atoms with E-state index >= 15 is 0 Å². The van der Waals surface area contributed by atoms with Crippen LogP contribution in [-0.2, 0) is 6.54 Å². The van der Waals surface area contributed by atoms with Crippen LogP contribution >= 0.6 is 12.4 Å². The van der Waals surface area contributed by atoms with E-state index in [0.717, 1.165) is 38.0 Å². The van der Waals surface area contributed by atoms with Gasteiger partial charge >= 0.3 is 0 Å². The summed E-state index contributed by atoms with van der Waals surface area (Å²) in [5.74, 6) is 0.199. The third-order valence-corrected chi connectivity index (χ3v) is 4.52. The first-order chi connectivity index (χ1) is 9.83. The molecule has 1 aliphatic carbocycles. The molecule has 4 heteroatoms. The van der Waals surface area contributed by atoms with Crippen molar-refractivity contribution in [1.29, 1.82) is 0 Å². The highest BCUT2D eigenvalue weighted by Gasteiger charge is 2.19. The minimum Gasteiger partial charge on any atom is -0.339 e. The van der Waals surface area contributed by atoms with Crippen molar-refractivity contribution in [3.05, 3.63) is 35.4 Å². The van der Waals surface area contributed by atoms with Gasteiger partial charge in [-0.1, -0.05) is 25.0 Å². The molecule has 116 valence electrons. The van der Waals surface area contributed by atoms with Gasteiger partial charge in [0.15, 0.2) is 0 Å². The molecule has 1 heterocycles. The van der Waals surface area contributed by atoms with Crippen LogP contribution in [0, 0.1) is 0 Å². The van der Waals surface area contributed by atoms with Gasteiger partial charge in [0.05, 0.1) is 0 Å². The van der Waals surface area contributed by atoms with Crippen LogP contribution in [0.15, 0.2) is 24.3 Å². The lowest BCUT2D eigenvalue weighted by Crippen LogP contribution is -2.28. The number of halogens is 1. The second-order valence-electron chi connectivity index (χ2n) is 6.06. The monoisotopic (exact) mass is 308 g/mol. The molecule has 3 nitrogen and oxygen atoms in total. The van der Waals surface area contributed by atoms with E-state index in [4.69, 9.17) is 0 Å². The summed E-state index contributed by atoms with van der Waals surface area (Å²) < 4.78 is 0. The van der Waals surface area contributed by atoms with Crippen molar-refractivity contribution in [3.63, 3.8) is 0 Å². The fourth-order valence-corrected chi connectivity index (χ4v) is 3.31. The zero-order chi connectivity index (χ0) is 13.8. The molecule has 2 aliphatic rings. The van der Waals surface area contributed by atoms with Gasteiger partial charge in [0.2, 0.25) is 0 Å². The molecular formula is C17H25ClN2O. The summed E-state index contributed by atoms with van der Waals surface area (Å²) in [5, 5.41) is 3.61. The summed E-state index contributed by atoms with van der Waals surface area (Å²) in [5.41, 5.74) is 2.07. The lowest BCUT2D eigenvalue weighted by atomic mass is 10.1.